The van der Waals surface area contributed by atoms with E-state index < -0.39 is 5.60 Å². The largest absolute Gasteiger partial charge is 0.388 e. The van der Waals surface area contributed by atoms with Crippen molar-refractivity contribution in [2.75, 3.05) is 13.1 Å². The van der Waals surface area contributed by atoms with Crippen molar-refractivity contribution in [2.45, 2.75) is 46.6 Å². The van der Waals surface area contributed by atoms with Crippen LogP contribution in [0.3, 0.4) is 0 Å². The summed E-state index contributed by atoms with van der Waals surface area (Å²) in [4.78, 5) is 11.4. The Morgan fingerprint density at radius 3 is 2.25 bits per heavy atom. The molecule has 0 radical (unpaired) electrons. The van der Waals surface area contributed by atoms with Crippen molar-refractivity contribution in [3.63, 3.8) is 0 Å². The first-order valence-corrected chi connectivity index (χ1v) is 5.99. The molecule has 0 aliphatic heterocycles. The molecule has 4 nitrogen and oxygen atoms in total. The van der Waals surface area contributed by atoms with Gasteiger partial charge in [-0.15, -0.1) is 0 Å². The molecular weight excluding hydrogens is 204 g/mol. The van der Waals surface area contributed by atoms with Crippen LogP contribution in [-0.4, -0.2) is 29.8 Å². The lowest BCUT2D eigenvalue weighted by Crippen LogP contribution is -2.47. The number of carbonyl (C=O) groups excluding carboxylic acids is 1. The maximum Gasteiger partial charge on any atom is 0.314 e. The van der Waals surface area contributed by atoms with Crippen LogP contribution in [0.25, 0.3) is 0 Å². The predicted molar refractivity (Wildman–Crippen MR) is 66.3 cm³/mol. The third-order valence-corrected chi connectivity index (χ3v) is 2.86. The molecule has 0 aromatic carbocycles. The summed E-state index contributed by atoms with van der Waals surface area (Å²) < 4.78 is 0. The minimum atomic E-state index is -0.852. The van der Waals surface area contributed by atoms with E-state index in [0.29, 0.717) is 12.5 Å². The van der Waals surface area contributed by atoms with Crippen LogP contribution in [0.2, 0.25) is 0 Å². The van der Waals surface area contributed by atoms with Crippen LogP contribution in [0.5, 0.6) is 0 Å². The Morgan fingerprint density at radius 1 is 1.25 bits per heavy atom. The van der Waals surface area contributed by atoms with Crippen LogP contribution in [0, 0.1) is 11.8 Å². The highest BCUT2D eigenvalue weighted by atomic mass is 16.3. The molecule has 96 valence electrons. The van der Waals surface area contributed by atoms with Gasteiger partial charge in [-0.3, -0.25) is 0 Å². The molecule has 0 aliphatic rings. The van der Waals surface area contributed by atoms with Gasteiger partial charge in [0.25, 0.3) is 0 Å². The van der Waals surface area contributed by atoms with Crippen LogP contribution in [0.4, 0.5) is 4.79 Å². The molecule has 1 unspecified atom stereocenters. The van der Waals surface area contributed by atoms with E-state index in [1.54, 1.807) is 6.92 Å². The molecule has 0 heterocycles. The van der Waals surface area contributed by atoms with E-state index in [1.807, 2.05) is 13.8 Å². The lowest BCUT2D eigenvalue weighted by molar-refractivity contribution is 0.0166. The third-order valence-electron chi connectivity index (χ3n) is 2.86. The summed E-state index contributed by atoms with van der Waals surface area (Å²) in [6.45, 7) is 10.8. The fourth-order valence-electron chi connectivity index (χ4n) is 1.00. The summed E-state index contributed by atoms with van der Waals surface area (Å²) in [6.07, 6.45) is 0.966. The normalized spacial score (nSPS) is 15.0. The number of hydrogen-bond donors (Lipinski definition) is 3. The standard InChI is InChI=1S/C12H26N2O2/c1-9(2)6-7-13-11(15)14-8-12(5,16)10(3)4/h9-10,16H,6-8H2,1-5H3,(H2,13,14,15). The minimum Gasteiger partial charge on any atom is -0.388 e. The Morgan fingerprint density at radius 2 is 1.81 bits per heavy atom. The van der Waals surface area contributed by atoms with Gasteiger partial charge < -0.3 is 15.7 Å². The summed E-state index contributed by atoms with van der Waals surface area (Å²) in [5, 5.41) is 15.4. The van der Waals surface area contributed by atoms with Crippen LogP contribution >= 0.6 is 0 Å². The highest BCUT2D eigenvalue weighted by Gasteiger charge is 2.25. The van der Waals surface area contributed by atoms with Gasteiger partial charge >= 0.3 is 6.03 Å². The quantitative estimate of drug-likeness (QED) is 0.651. The van der Waals surface area contributed by atoms with Gasteiger partial charge in [-0.1, -0.05) is 27.7 Å². The Labute approximate surface area is 98.8 Å². The molecule has 0 saturated heterocycles. The van der Waals surface area contributed by atoms with Crippen molar-refractivity contribution in [1.82, 2.24) is 10.6 Å². The minimum absolute atomic E-state index is 0.114. The summed E-state index contributed by atoms with van der Waals surface area (Å²) in [6, 6.07) is -0.207. The predicted octanol–water partition coefficient (Wildman–Crippen LogP) is 1.74. The number of hydrogen-bond acceptors (Lipinski definition) is 2. The monoisotopic (exact) mass is 230 g/mol. The molecule has 0 aliphatic carbocycles. The third kappa shape index (κ3) is 6.67. The summed E-state index contributed by atoms with van der Waals surface area (Å²) in [7, 11) is 0. The first kappa shape index (κ1) is 15.2. The van der Waals surface area contributed by atoms with Gasteiger partial charge in [-0.05, 0) is 25.2 Å². The lowest BCUT2D eigenvalue weighted by atomic mass is 9.93. The number of urea groups is 1. The lowest BCUT2D eigenvalue weighted by Gasteiger charge is -2.27. The molecule has 16 heavy (non-hydrogen) atoms. The van der Waals surface area contributed by atoms with E-state index in [-0.39, 0.29) is 18.5 Å². The van der Waals surface area contributed by atoms with Gasteiger partial charge in [0.15, 0.2) is 0 Å². The summed E-state index contributed by atoms with van der Waals surface area (Å²) >= 11 is 0. The van der Waals surface area contributed by atoms with Crippen molar-refractivity contribution in [2.24, 2.45) is 11.8 Å². The Balaban J connectivity index is 3.73. The maximum absolute atomic E-state index is 11.4. The zero-order chi connectivity index (χ0) is 12.8. The van der Waals surface area contributed by atoms with Crippen LogP contribution in [0.1, 0.15) is 41.0 Å². The van der Waals surface area contributed by atoms with E-state index in [2.05, 4.69) is 24.5 Å². The van der Waals surface area contributed by atoms with Gasteiger partial charge in [0.2, 0.25) is 0 Å². The first-order valence-electron chi connectivity index (χ1n) is 5.99. The maximum atomic E-state index is 11.4. The van der Waals surface area contributed by atoms with Gasteiger partial charge in [0, 0.05) is 13.1 Å². The van der Waals surface area contributed by atoms with Crippen LogP contribution in [0.15, 0.2) is 0 Å². The van der Waals surface area contributed by atoms with E-state index in [0.717, 1.165) is 6.42 Å². The van der Waals surface area contributed by atoms with Crippen molar-refractivity contribution in [1.29, 1.82) is 0 Å². The number of aliphatic hydroxyl groups is 1. The summed E-state index contributed by atoms with van der Waals surface area (Å²) in [5.74, 6) is 0.697. The number of rotatable bonds is 6. The molecule has 0 fully saturated rings. The van der Waals surface area contributed by atoms with E-state index in [9.17, 15) is 9.90 Å². The fraction of sp³-hybridized carbons (Fsp3) is 0.917. The van der Waals surface area contributed by atoms with Crippen molar-refractivity contribution >= 4 is 6.03 Å². The second-order valence-corrected chi connectivity index (χ2v) is 5.30. The van der Waals surface area contributed by atoms with Gasteiger partial charge in [0.1, 0.15) is 0 Å². The van der Waals surface area contributed by atoms with E-state index in [1.165, 1.54) is 0 Å². The zero-order valence-electron chi connectivity index (χ0n) is 11.1. The van der Waals surface area contributed by atoms with Gasteiger partial charge in [-0.2, -0.15) is 0 Å². The second kappa shape index (κ2) is 6.74. The molecule has 0 aromatic heterocycles. The van der Waals surface area contributed by atoms with Crippen molar-refractivity contribution < 1.29 is 9.90 Å². The zero-order valence-corrected chi connectivity index (χ0v) is 11.1. The molecule has 4 heteroatoms. The molecule has 0 aromatic rings. The topological polar surface area (TPSA) is 61.4 Å². The smallest absolute Gasteiger partial charge is 0.314 e. The average molecular weight is 230 g/mol. The highest BCUT2D eigenvalue weighted by molar-refractivity contribution is 5.73. The second-order valence-electron chi connectivity index (χ2n) is 5.30. The Hall–Kier alpha value is -0.770. The average Bonchev–Trinajstić information content (AvgIpc) is 2.14. The SMILES string of the molecule is CC(C)CCNC(=O)NCC(C)(O)C(C)C. The van der Waals surface area contributed by atoms with Crippen LogP contribution in [-0.2, 0) is 0 Å². The molecule has 2 amide bonds. The molecule has 0 rings (SSSR count). The van der Waals surface area contributed by atoms with E-state index >= 15 is 0 Å². The Bertz CT molecular complexity index is 213. The number of carbonyl (C=O) groups is 1. The van der Waals surface area contributed by atoms with Crippen molar-refractivity contribution in [3.8, 4) is 0 Å². The van der Waals surface area contributed by atoms with Crippen molar-refractivity contribution in [3.05, 3.63) is 0 Å². The highest BCUT2D eigenvalue weighted by Crippen LogP contribution is 2.14. The van der Waals surface area contributed by atoms with E-state index in [4.69, 9.17) is 0 Å². The molecule has 0 spiro atoms. The van der Waals surface area contributed by atoms with Gasteiger partial charge in [0.05, 0.1) is 5.60 Å². The molecule has 0 saturated carbocycles. The number of amides is 2. The van der Waals surface area contributed by atoms with Gasteiger partial charge in [-0.25, -0.2) is 4.79 Å². The Kier molecular flexibility index (Phi) is 6.41. The number of nitrogens with one attached hydrogen (secondary N) is 2. The fourth-order valence-corrected chi connectivity index (χ4v) is 1.00. The first-order chi connectivity index (χ1) is 7.25. The van der Waals surface area contributed by atoms with Crippen LogP contribution < -0.4 is 10.6 Å². The summed E-state index contributed by atoms with van der Waals surface area (Å²) in [5.41, 5.74) is -0.852. The molecule has 0 bridgehead atoms. The molecule has 1 atom stereocenters. The molecule has 3 N–H and O–H groups in total. The molecular formula is C12H26N2O2.